The van der Waals surface area contributed by atoms with E-state index in [0.29, 0.717) is 29.6 Å². The molecule has 0 saturated carbocycles. The number of aromatic carboxylic acids is 1. The van der Waals surface area contributed by atoms with Crippen LogP contribution in [0.2, 0.25) is 0 Å². The molecule has 0 aromatic heterocycles. The Morgan fingerprint density at radius 1 is 0.870 bits per heavy atom. The lowest BCUT2D eigenvalue weighted by Crippen LogP contribution is -2.10. The highest BCUT2D eigenvalue weighted by Crippen LogP contribution is 2.28. The van der Waals surface area contributed by atoms with Crippen LogP contribution < -0.4 is 18.9 Å². The molecule has 0 unspecified atom stereocenters. The van der Waals surface area contributed by atoms with E-state index >= 15 is 0 Å². The maximum atomic E-state index is 10.9. The van der Waals surface area contributed by atoms with Crippen LogP contribution in [-0.2, 0) is 0 Å². The van der Waals surface area contributed by atoms with Crippen LogP contribution in [0.1, 0.15) is 10.4 Å². The largest absolute Gasteiger partial charge is 0.493 e. The van der Waals surface area contributed by atoms with E-state index in [2.05, 4.69) is 0 Å². The summed E-state index contributed by atoms with van der Waals surface area (Å²) in [5.41, 5.74) is 0.138. The summed E-state index contributed by atoms with van der Waals surface area (Å²) >= 11 is 0. The van der Waals surface area contributed by atoms with Gasteiger partial charge >= 0.3 is 5.97 Å². The molecule has 0 fully saturated rings. The number of ether oxygens (including phenoxy) is 4. The summed E-state index contributed by atoms with van der Waals surface area (Å²) in [6.07, 6.45) is 0. The molecular weight excluding hydrogens is 300 g/mol. The van der Waals surface area contributed by atoms with Crippen LogP contribution in [0.3, 0.4) is 0 Å². The maximum absolute atomic E-state index is 10.9. The van der Waals surface area contributed by atoms with Gasteiger partial charge in [0, 0.05) is 0 Å². The summed E-state index contributed by atoms with van der Waals surface area (Å²) in [5, 5.41) is 8.96. The van der Waals surface area contributed by atoms with Gasteiger partial charge in [0.05, 0.1) is 19.8 Å². The Hall–Kier alpha value is -2.89. The minimum absolute atomic E-state index is 0.138. The number of carbonyl (C=O) groups is 1. The van der Waals surface area contributed by atoms with Gasteiger partial charge in [-0.15, -0.1) is 0 Å². The fraction of sp³-hybridized carbons (Fsp3) is 0.235. The molecule has 122 valence electrons. The molecule has 2 rings (SSSR count). The Balaban J connectivity index is 1.92. The molecule has 0 amide bonds. The third-order valence-corrected chi connectivity index (χ3v) is 3.08. The van der Waals surface area contributed by atoms with Crippen LogP contribution in [0.25, 0.3) is 0 Å². The van der Waals surface area contributed by atoms with Gasteiger partial charge in [0.2, 0.25) is 0 Å². The van der Waals surface area contributed by atoms with Crippen LogP contribution in [0.5, 0.6) is 23.0 Å². The lowest BCUT2D eigenvalue weighted by atomic mass is 10.2. The quantitative estimate of drug-likeness (QED) is 0.754. The Bertz CT molecular complexity index is 668. The monoisotopic (exact) mass is 318 g/mol. The minimum Gasteiger partial charge on any atom is -0.493 e. The molecule has 0 bridgehead atoms. The second-order valence-corrected chi connectivity index (χ2v) is 4.52. The van der Waals surface area contributed by atoms with Crippen molar-refractivity contribution in [2.45, 2.75) is 0 Å². The molecule has 0 aliphatic carbocycles. The summed E-state index contributed by atoms with van der Waals surface area (Å²) < 4.78 is 21.5. The third-order valence-electron chi connectivity index (χ3n) is 3.08. The van der Waals surface area contributed by atoms with Gasteiger partial charge in [0.25, 0.3) is 0 Å². The van der Waals surface area contributed by atoms with E-state index in [1.54, 1.807) is 19.2 Å². The smallest absolute Gasteiger partial charge is 0.335 e. The SMILES string of the molecule is COc1ccccc1OCCOc1ccc(C(=O)O)cc1OC. The van der Waals surface area contributed by atoms with Crippen LogP contribution in [0.15, 0.2) is 42.5 Å². The van der Waals surface area contributed by atoms with E-state index in [1.165, 1.54) is 19.2 Å². The standard InChI is InChI=1S/C17H18O6/c1-20-13-5-3-4-6-14(13)22-9-10-23-15-8-7-12(17(18)19)11-16(15)21-2/h3-8,11H,9-10H2,1-2H3,(H,18,19). The Morgan fingerprint density at radius 3 is 2.00 bits per heavy atom. The van der Waals surface area contributed by atoms with Gasteiger partial charge in [0.1, 0.15) is 13.2 Å². The zero-order chi connectivity index (χ0) is 16.7. The summed E-state index contributed by atoms with van der Waals surface area (Å²) in [7, 11) is 3.03. The molecular formula is C17H18O6. The van der Waals surface area contributed by atoms with Crippen LogP contribution in [0, 0.1) is 0 Å². The Morgan fingerprint density at radius 2 is 1.43 bits per heavy atom. The van der Waals surface area contributed by atoms with Crippen molar-refractivity contribution in [3.05, 3.63) is 48.0 Å². The van der Waals surface area contributed by atoms with E-state index in [9.17, 15) is 4.79 Å². The molecule has 2 aromatic rings. The highest BCUT2D eigenvalue weighted by Gasteiger charge is 2.10. The first-order valence-electron chi connectivity index (χ1n) is 6.95. The molecule has 23 heavy (non-hydrogen) atoms. The molecule has 6 heteroatoms. The first-order valence-corrected chi connectivity index (χ1v) is 6.95. The molecule has 0 aliphatic heterocycles. The van der Waals surface area contributed by atoms with Gasteiger partial charge < -0.3 is 24.1 Å². The zero-order valence-electron chi connectivity index (χ0n) is 12.9. The van der Waals surface area contributed by atoms with Crippen molar-refractivity contribution in [2.24, 2.45) is 0 Å². The maximum Gasteiger partial charge on any atom is 0.335 e. The predicted molar refractivity (Wildman–Crippen MR) is 83.9 cm³/mol. The van der Waals surface area contributed by atoms with Gasteiger partial charge in [-0.05, 0) is 30.3 Å². The molecule has 2 aromatic carbocycles. The molecule has 0 aliphatic rings. The lowest BCUT2D eigenvalue weighted by molar-refractivity contribution is 0.0696. The first kappa shape index (κ1) is 16.5. The second-order valence-electron chi connectivity index (χ2n) is 4.52. The van der Waals surface area contributed by atoms with Crippen molar-refractivity contribution in [1.29, 1.82) is 0 Å². The minimum atomic E-state index is -1.02. The number of carboxylic acids is 1. The van der Waals surface area contributed by atoms with Gasteiger partial charge in [-0.25, -0.2) is 4.79 Å². The number of benzene rings is 2. The van der Waals surface area contributed by atoms with Crippen LogP contribution in [-0.4, -0.2) is 38.5 Å². The first-order chi connectivity index (χ1) is 11.2. The molecule has 0 saturated heterocycles. The Kier molecular flexibility index (Phi) is 5.68. The van der Waals surface area contributed by atoms with E-state index in [1.807, 2.05) is 18.2 Å². The molecule has 0 spiro atoms. The summed E-state index contributed by atoms with van der Waals surface area (Å²) in [4.78, 5) is 10.9. The number of rotatable bonds is 8. The molecule has 6 nitrogen and oxygen atoms in total. The highest BCUT2D eigenvalue weighted by molar-refractivity contribution is 5.88. The number of hydrogen-bond acceptors (Lipinski definition) is 5. The highest BCUT2D eigenvalue weighted by atomic mass is 16.5. The fourth-order valence-corrected chi connectivity index (χ4v) is 1.96. The van der Waals surface area contributed by atoms with Gasteiger partial charge in [-0.2, -0.15) is 0 Å². The topological polar surface area (TPSA) is 74.2 Å². The van der Waals surface area contributed by atoms with Crippen molar-refractivity contribution in [3.63, 3.8) is 0 Å². The van der Waals surface area contributed by atoms with Gasteiger partial charge in [0.15, 0.2) is 23.0 Å². The van der Waals surface area contributed by atoms with E-state index in [-0.39, 0.29) is 12.2 Å². The van der Waals surface area contributed by atoms with Crippen molar-refractivity contribution < 1.29 is 28.8 Å². The van der Waals surface area contributed by atoms with E-state index in [4.69, 9.17) is 24.1 Å². The summed E-state index contributed by atoms with van der Waals surface area (Å²) in [6, 6.07) is 11.8. The van der Waals surface area contributed by atoms with Crippen molar-refractivity contribution >= 4 is 5.97 Å². The average molecular weight is 318 g/mol. The van der Waals surface area contributed by atoms with Crippen molar-refractivity contribution in [3.8, 4) is 23.0 Å². The zero-order valence-corrected chi connectivity index (χ0v) is 12.9. The van der Waals surface area contributed by atoms with Crippen molar-refractivity contribution in [2.75, 3.05) is 27.4 Å². The Labute approximate surface area is 134 Å². The average Bonchev–Trinajstić information content (AvgIpc) is 2.58. The summed E-state index contributed by atoms with van der Waals surface area (Å²) in [6.45, 7) is 0.588. The lowest BCUT2D eigenvalue weighted by Gasteiger charge is -2.13. The molecule has 0 radical (unpaired) electrons. The number of hydrogen-bond donors (Lipinski definition) is 1. The molecule has 0 atom stereocenters. The fourth-order valence-electron chi connectivity index (χ4n) is 1.96. The van der Waals surface area contributed by atoms with E-state index < -0.39 is 5.97 Å². The third kappa shape index (κ3) is 4.29. The van der Waals surface area contributed by atoms with Crippen molar-refractivity contribution in [1.82, 2.24) is 0 Å². The van der Waals surface area contributed by atoms with Gasteiger partial charge in [-0.3, -0.25) is 0 Å². The normalized spacial score (nSPS) is 10.0. The second kappa shape index (κ2) is 7.93. The number of methoxy groups -OCH3 is 2. The van der Waals surface area contributed by atoms with E-state index in [0.717, 1.165) is 0 Å². The number of para-hydroxylation sites is 2. The van der Waals surface area contributed by atoms with Crippen LogP contribution in [0.4, 0.5) is 0 Å². The predicted octanol–water partition coefficient (Wildman–Crippen LogP) is 2.86. The van der Waals surface area contributed by atoms with Gasteiger partial charge in [-0.1, -0.05) is 12.1 Å². The summed E-state index contributed by atoms with van der Waals surface area (Å²) in [5.74, 6) is 1.08. The number of carboxylic acid groups (broad SMARTS) is 1. The van der Waals surface area contributed by atoms with Crippen LogP contribution >= 0.6 is 0 Å². The molecule has 0 heterocycles. The molecule has 1 N–H and O–H groups in total.